The molecule has 1 amide bonds. The van der Waals surface area contributed by atoms with Crippen LogP contribution in [0.2, 0.25) is 0 Å². The summed E-state index contributed by atoms with van der Waals surface area (Å²) in [7, 11) is 1.74. The van der Waals surface area contributed by atoms with Gasteiger partial charge in [0.15, 0.2) is 0 Å². The summed E-state index contributed by atoms with van der Waals surface area (Å²) < 4.78 is 1.54. The molecule has 0 bridgehead atoms. The van der Waals surface area contributed by atoms with E-state index in [9.17, 15) is 4.79 Å². The average Bonchev–Trinajstić information content (AvgIpc) is 2.77. The lowest BCUT2D eigenvalue weighted by molar-refractivity contribution is 0.0932. The van der Waals surface area contributed by atoms with Crippen molar-refractivity contribution in [1.29, 1.82) is 0 Å². The van der Waals surface area contributed by atoms with E-state index in [2.05, 4.69) is 10.4 Å². The highest BCUT2D eigenvalue weighted by atomic mass is 32.2. The predicted molar refractivity (Wildman–Crippen MR) is 65.6 cm³/mol. The van der Waals surface area contributed by atoms with Gasteiger partial charge in [-0.2, -0.15) is 16.9 Å². The Morgan fingerprint density at radius 3 is 2.94 bits per heavy atom. The fraction of sp³-hybridized carbons (Fsp3) is 0.600. The number of hydrogen-bond acceptors (Lipinski definition) is 4. The van der Waals surface area contributed by atoms with Gasteiger partial charge in [0.25, 0.3) is 5.91 Å². The fourth-order valence-corrected chi connectivity index (χ4v) is 3.00. The number of aryl methyl sites for hydroxylation is 2. The predicted octanol–water partition coefficient (Wildman–Crippen LogP) is 0.546. The van der Waals surface area contributed by atoms with Gasteiger partial charge in [0, 0.05) is 18.8 Å². The molecule has 1 atom stereocenters. The lowest BCUT2D eigenvalue weighted by Gasteiger charge is -2.11. The molecule has 1 aliphatic heterocycles. The largest absolute Gasteiger partial charge is 0.395 e. The monoisotopic (exact) mass is 240 g/mol. The van der Waals surface area contributed by atoms with Crippen LogP contribution in [-0.2, 0) is 7.05 Å². The first-order valence-corrected chi connectivity index (χ1v) is 6.42. The van der Waals surface area contributed by atoms with Crippen molar-refractivity contribution >= 4 is 23.4 Å². The van der Waals surface area contributed by atoms with Gasteiger partial charge in [-0.05, 0) is 19.1 Å². The molecule has 6 heteroatoms. The van der Waals surface area contributed by atoms with Gasteiger partial charge in [-0.15, -0.1) is 0 Å². The van der Waals surface area contributed by atoms with Crippen LogP contribution in [0.15, 0.2) is 0 Å². The van der Waals surface area contributed by atoms with Crippen molar-refractivity contribution < 1.29 is 4.79 Å². The number of nitrogens with one attached hydrogen (secondary N) is 1. The number of amides is 1. The van der Waals surface area contributed by atoms with Crippen molar-refractivity contribution in [3.63, 3.8) is 0 Å². The van der Waals surface area contributed by atoms with E-state index in [0.717, 1.165) is 17.9 Å². The van der Waals surface area contributed by atoms with E-state index in [4.69, 9.17) is 5.73 Å². The molecule has 1 saturated heterocycles. The Morgan fingerprint density at radius 1 is 1.69 bits per heavy atom. The van der Waals surface area contributed by atoms with E-state index >= 15 is 0 Å². The third-order valence-corrected chi connectivity index (χ3v) is 3.91. The van der Waals surface area contributed by atoms with Crippen LogP contribution in [-0.4, -0.2) is 33.2 Å². The Balaban J connectivity index is 2.13. The van der Waals surface area contributed by atoms with E-state index in [1.54, 1.807) is 18.7 Å². The van der Waals surface area contributed by atoms with Crippen LogP contribution < -0.4 is 11.1 Å². The molecule has 0 radical (unpaired) electrons. The molecule has 5 nitrogen and oxygen atoms in total. The zero-order chi connectivity index (χ0) is 11.7. The number of nitrogens with two attached hydrogens (primary N) is 1. The summed E-state index contributed by atoms with van der Waals surface area (Å²) in [5, 5.41) is 7.12. The molecule has 1 aromatic rings. The number of rotatable bonds is 2. The topological polar surface area (TPSA) is 72.9 Å². The molecule has 1 aromatic heterocycles. The molecule has 0 saturated carbocycles. The van der Waals surface area contributed by atoms with Gasteiger partial charge in [0.1, 0.15) is 5.69 Å². The van der Waals surface area contributed by atoms with E-state index in [0.29, 0.717) is 17.1 Å². The van der Waals surface area contributed by atoms with Gasteiger partial charge in [-0.3, -0.25) is 9.48 Å². The molecule has 88 valence electrons. The summed E-state index contributed by atoms with van der Waals surface area (Å²) in [6.07, 6.45) is 1.03. The molecule has 2 heterocycles. The average molecular weight is 240 g/mol. The van der Waals surface area contributed by atoms with E-state index in [1.165, 1.54) is 0 Å². The first kappa shape index (κ1) is 11.3. The molecule has 16 heavy (non-hydrogen) atoms. The van der Waals surface area contributed by atoms with Crippen LogP contribution in [0.3, 0.4) is 0 Å². The highest BCUT2D eigenvalue weighted by molar-refractivity contribution is 7.99. The summed E-state index contributed by atoms with van der Waals surface area (Å²) in [6.45, 7) is 1.80. The van der Waals surface area contributed by atoms with Crippen molar-refractivity contribution in [3.05, 3.63) is 11.4 Å². The summed E-state index contributed by atoms with van der Waals surface area (Å²) in [5.41, 5.74) is 7.48. The Kier molecular flexibility index (Phi) is 3.09. The summed E-state index contributed by atoms with van der Waals surface area (Å²) >= 11 is 1.86. The second kappa shape index (κ2) is 4.37. The van der Waals surface area contributed by atoms with Gasteiger partial charge in [0.2, 0.25) is 0 Å². The second-order valence-corrected chi connectivity index (χ2v) is 5.16. The normalized spacial score (nSPS) is 20.0. The maximum atomic E-state index is 12.0. The number of nitrogens with zero attached hydrogens (tertiary/aromatic N) is 2. The van der Waals surface area contributed by atoms with Crippen molar-refractivity contribution in [3.8, 4) is 0 Å². The van der Waals surface area contributed by atoms with Crippen molar-refractivity contribution in [2.24, 2.45) is 7.05 Å². The lowest BCUT2D eigenvalue weighted by Crippen LogP contribution is -2.36. The van der Waals surface area contributed by atoms with Crippen molar-refractivity contribution in [2.75, 3.05) is 17.2 Å². The number of nitrogen functional groups attached to an aromatic ring is 1. The smallest absolute Gasteiger partial charge is 0.271 e. The van der Waals surface area contributed by atoms with Crippen LogP contribution in [0.25, 0.3) is 0 Å². The number of anilines is 1. The number of carbonyl (C=O) groups excluding carboxylic acids is 1. The molecule has 3 N–H and O–H groups in total. The van der Waals surface area contributed by atoms with Gasteiger partial charge >= 0.3 is 0 Å². The fourth-order valence-electron chi connectivity index (χ4n) is 1.85. The molecule has 1 fully saturated rings. The molecule has 0 spiro atoms. The van der Waals surface area contributed by atoms with Crippen LogP contribution >= 0.6 is 11.8 Å². The quantitative estimate of drug-likeness (QED) is 0.791. The maximum absolute atomic E-state index is 12.0. The van der Waals surface area contributed by atoms with Gasteiger partial charge < -0.3 is 11.1 Å². The zero-order valence-electron chi connectivity index (χ0n) is 9.49. The third-order valence-electron chi connectivity index (χ3n) is 2.75. The summed E-state index contributed by atoms with van der Waals surface area (Å²) in [6, 6.07) is 0.270. The van der Waals surface area contributed by atoms with Gasteiger partial charge in [0.05, 0.1) is 11.4 Å². The summed E-state index contributed by atoms with van der Waals surface area (Å²) in [4.78, 5) is 12.0. The standard InChI is InChI=1S/C10H16N4OS/c1-6-8(11)9(14(2)13-6)10(15)12-7-3-4-16-5-7/h7H,3-5,11H2,1-2H3,(H,12,15). The molecule has 1 unspecified atom stereocenters. The van der Waals surface area contributed by atoms with Crippen LogP contribution in [0.5, 0.6) is 0 Å². The first-order valence-electron chi connectivity index (χ1n) is 5.27. The molecule has 2 rings (SSSR count). The minimum absolute atomic E-state index is 0.117. The van der Waals surface area contributed by atoms with E-state index < -0.39 is 0 Å². The van der Waals surface area contributed by atoms with Crippen molar-refractivity contribution in [2.45, 2.75) is 19.4 Å². The first-order chi connectivity index (χ1) is 7.59. The Morgan fingerprint density at radius 2 is 2.44 bits per heavy atom. The Bertz CT molecular complexity index is 409. The minimum atomic E-state index is -0.117. The van der Waals surface area contributed by atoms with Gasteiger partial charge in [-0.25, -0.2) is 0 Å². The highest BCUT2D eigenvalue weighted by Crippen LogP contribution is 2.19. The number of thioether (sulfide) groups is 1. The summed E-state index contributed by atoms with van der Waals surface area (Å²) in [5.74, 6) is 1.99. The maximum Gasteiger partial charge on any atom is 0.271 e. The Hall–Kier alpha value is -1.17. The number of aromatic nitrogens is 2. The number of hydrogen-bond donors (Lipinski definition) is 2. The van der Waals surface area contributed by atoms with Crippen LogP contribution in [0, 0.1) is 6.92 Å². The lowest BCUT2D eigenvalue weighted by atomic mass is 10.2. The third kappa shape index (κ3) is 2.02. The molecule has 0 aromatic carbocycles. The SMILES string of the molecule is Cc1nn(C)c(C(=O)NC2CCSC2)c1N. The van der Waals surface area contributed by atoms with Crippen LogP contribution in [0.1, 0.15) is 22.6 Å². The van der Waals surface area contributed by atoms with Gasteiger partial charge in [-0.1, -0.05) is 0 Å². The molecule has 1 aliphatic rings. The molecular weight excluding hydrogens is 224 g/mol. The minimum Gasteiger partial charge on any atom is -0.395 e. The van der Waals surface area contributed by atoms with E-state index in [1.807, 2.05) is 11.8 Å². The Labute approximate surface area is 98.8 Å². The highest BCUT2D eigenvalue weighted by Gasteiger charge is 2.22. The van der Waals surface area contributed by atoms with Crippen LogP contribution in [0.4, 0.5) is 5.69 Å². The molecule has 0 aliphatic carbocycles. The molecular formula is C10H16N4OS. The second-order valence-electron chi connectivity index (χ2n) is 4.01. The number of carbonyl (C=O) groups is 1. The van der Waals surface area contributed by atoms with Crippen molar-refractivity contribution in [1.82, 2.24) is 15.1 Å². The zero-order valence-corrected chi connectivity index (χ0v) is 10.3. The van der Waals surface area contributed by atoms with E-state index in [-0.39, 0.29) is 11.9 Å².